The molecule has 27 heavy (non-hydrogen) atoms. The van der Waals surface area contributed by atoms with Gasteiger partial charge in [0.1, 0.15) is 0 Å². The van der Waals surface area contributed by atoms with Gasteiger partial charge >= 0.3 is 0 Å². The van der Waals surface area contributed by atoms with Crippen molar-refractivity contribution in [3.05, 3.63) is 108 Å². The van der Waals surface area contributed by atoms with Crippen molar-refractivity contribution in [1.82, 2.24) is 5.43 Å². The average Bonchev–Trinajstić information content (AvgIpc) is 2.99. The minimum absolute atomic E-state index is 1.02. The number of fused-ring (bicyclic) bond motifs is 2. The van der Waals surface area contributed by atoms with Crippen molar-refractivity contribution in [3.63, 3.8) is 0 Å². The number of hydrazone groups is 1. The van der Waals surface area contributed by atoms with Crippen molar-refractivity contribution in [2.75, 3.05) is 0 Å². The Morgan fingerprint density at radius 2 is 1.19 bits per heavy atom. The average molecular weight is 346 g/mol. The SMILES string of the molecule is C1=CC(c2cccc3ccccc23)=C(c2cccc3ccccc23)NN=C1. The Kier molecular flexibility index (Phi) is 3.80. The third-order valence-electron chi connectivity index (χ3n) is 5.01. The molecule has 1 N–H and O–H groups in total. The van der Waals surface area contributed by atoms with Crippen molar-refractivity contribution in [1.29, 1.82) is 0 Å². The van der Waals surface area contributed by atoms with Crippen LogP contribution in [0.3, 0.4) is 0 Å². The molecule has 1 heterocycles. The molecule has 2 heteroatoms. The maximum Gasteiger partial charge on any atom is 0.0718 e. The van der Waals surface area contributed by atoms with Gasteiger partial charge in [0.2, 0.25) is 0 Å². The molecule has 2 nitrogen and oxygen atoms in total. The lowest BCUT2D eigenvalue weighted by Crippen LogP contribution is -2.06. The molecule has 0 aliphatic carbocycles. The van der Waals surface area contributed by atoms with Crippen molar-refractivity contribution >= 4 is 39.0 Å². The molecular formula is C25H18N2. The van der Waals surface area contributed by atoms with Crippen molar-refractivity contribution in [2.24, 2.45) is 5.10 Å². The molecule has 1 aliphatic heterocycles. The summed E-state index contributed by atoms with van der Waals surface area (Å²) in [6, 6.07) is 29.8. The Labute approximate surface area is 158 Å². The minimum atomic E-state index is 1.02. The zero-order valence-corrected chi connectivity index (χ0v) is 14.8. The summed E-state index contributed by atoms with van der Waals surface area (Å²) in [5, 5.41) is 9.28. The highest BCUT2D eigenvalue weighted by Crippen LogP contribution is 2.34. The summed E-state index contributed by atoms with van der Waals surface area (Å²) in [4.78, 5) is 0. The second-order valence-corrected chi connectivity index (χ2v) is 6.59. The Morgan fingerprint density at radius 3 is 1.93 bits per heavy atom. The highest BCUT2D eigenvalue weighted by Gasteiger charge is 2.15. The lowest BCUT2D eigenvalue weighted by atomic mass is 9.92. The largest absolute Gasteiger partial charge is 0.277 e. The topological polar surface area (TPSA) is 24.4 Å². The Balaban J connectivity index is 1.85. The van der Waals surface area contributed by atoms with E-state index < -0.39 is 0 Å². The smallest absolute Gasteiger partial charge is 0.0718 e. The third-order valence-corrected chi connectivity index (χ3v) is 5.01. The first kappa shape index (κ1) is 15.6. The summed E-state index contributed by atoms with van der Waals surface area (Å²) in [7, 11) is 0. The highest BCUT2D eigenvalue weighted by atomic mass is 15.3. The molecule has 128 valence electrons. The number of allylic oxidation sites excluding steroid dienone is 3. The van der Waals surface area contributed by atoms with Crippen LogP contribution in [0.15, 0.2) is 102 Å². The maximum absolute atomic E-state index is 4.37. The van der Waals surface area contributed by atoms with Crippen molar-refractivity contribution < 1.29 is 0 Å². The van der Waals surface area contributed by atoms with E-state index in [4.69, 9.17) is 0 Å². The second-order valence-electron chi connectivity index (χ2n) is 6.59. The van der Waals surface area contributed by atoms with Crippen LogP contribution in [0.1, 0.15) is 11.1 Å². The van der Waals surface area contributed by atoms with E-state index in [2.05, 4.69) is 102 Å². The number of nitrogens with one attached hydrogen (secondary N) is 1. The molecule has 0 unspecified atom stereocenters. The Bertz CT molecular complexity index is 1230. The van der Waals surface area contributed by atoms with Gasteiger partial charge < -0.3 is 0 Å². The number of nitrogens with zero attached hydrogens (tertiary/aromatic N) is 1. The number of benzene rings is 4. The second kappa shape index (κ2) is 6.58. The van der Waals surface area contributed by atoms with Gasteiger partial charge in [-0.3, -0.25) is 5.43 Å². The van der Waals surface area contributed by atoms with E-state index in [0.29, 0.717) is 0 Å². The Morgan fingerprint density at radius 1 is 0.593 bits per heavy atom. The predicted octanol–water partition coefficient (Wildman–Crippen LogP) is 6.01. The first-order valence-corrected chi connectivity index (χ1v) is 9.08. The van der Waals surface area contributed by atoms with Crippen LogP contribution in [0.4, 0.5) is 0 Å². The summed E-state index contributed by atoms with van der Waals surface area (Å²) in [6.07, 6.45) is 5.92. The monoisotopic (exact) mass is 346 g/mol. The summed E-state index contributed by atoms with van der Waals surface area (Å²) in [5.74, 6) is 0. The van der Waals surface area contributed by atoms with E-state index >= 15 is 0 Å². The van der Waals surface area contributed by atoms with Gasteiger partial charge in [0.25, 0.3) is 0 Å². The fourth-order valence-corrected chi connectivity index (χ4v) is 3.76. The lowest BCUT2D eigenvalue weighted by Gasteiger charge is -2.16. The summed E-state index contributed by atoms with van der Waals surface area (Å²) in [6.45, 7) is 0. The van der Waals surface area contributed by atoms with E-state index in [9.17, 15) is 0 Å². The third kappa shape index (κ3) is 2.72. The predicted molar refractivity (Wildman–Crippen MR) is 115 cm³/mol. The molecule has 0 saturated heterocycles. The summed E-state index contributed by atoms with van der Waals surface area (Å²) >= 11 is 0. The van der Waals surface area contributed by atoms with E-state index in [1.807, 2.05) is 6.08 Å². The van der Waals surface area contributed by atoms with Crippen LogP contribution in [0.2, 0.25) is 0 Å². The van der Waals surface area contributed by atoms with Gasteiger partial charge in [-0.2, -0.15) is 5.10 Å². The molecule has 1 aliphatic rings. The summed E-state index contributed by atoms with van der Waals surface area (Å²) in [5.41, 5.74) is 7.80. The minimum Gasteiger partial charge on any atom is -0.277 e. The van der Waals surface area contributed by atoms with Crippen LogP contribution in [0.25, 0.3) is 32.8 Å². The van der Waals surface area contributed by atoms with Crippen LogP contribution in [-0.2, 0) is 0 Å². The molecule has 0 saturated carbocycles. The molecule has 0 bridgehead atoms. The van der Waals surface area contributed by atoms with Gasteiger partial charge in [0, 0.05) is 17.4 Å². The van der Waals surface area contributed by atoms with E-state index in [1.54, 1.807) is 6.21 Å². The van der Waals surface area contributed by atoms with Gasteiger partial charge in [-0.25, -0.2) is 0 Å². The molecule has 4 aromatic rings. The fraction of sp³-hybridized carbons (Fsp3) is 0. The molecule has 0 radical (unpaired) electrons. The lowest BCUT2D eigenvalue weighted by molar-refractivity contribution is 1.01. The van der Waals surface area contributed by atoms with E-state index in [-0.39, 0.29) is 0 Å². The van der Waals surface area contributed by atoms with Crippen LogP contribution < -0.4 is 5.43 Å². The van der Waals surface area contributed by atoms with Crippen LogP contribution in [-0.4, -0.2) is 6.21 Å². The molecule has 0 spiro atoms. The van der Waals surface area contributed by atoms with Gasteiger partial charge in [0.05, 0.1) is 5.70 Å². The molecule has 0 fully saturated rings. The number of hydrogen-bond donors (Lipinski definition) is 1. The van der Waals surface area contributed by atoms with Gasteiger partial charge in [-0.15, -0.1) is 0 Å². The molecular weight excluding hydrogens is 328 g/mol. The Hall–Kier alpha value is -3.65. The van der Waals surface area contributed by atoms with Crippen LogP contribution >= 0.6 is 0 Å². The van der Waals surface area contributed by atoms with Gasteiger partial charge in [0.15, 0.2) is 0 Å². The first-order valence-electron chi connectivity index (χ1n) is 9.08. The first-order chi connectivity index (χ1) is 13.4. The maximum atomic E-state index is 4.37. The van der Waals surface area contributed by atoms with E-state index in [1.165, 1.54) is 27.1 Å². The highest BCUT2D eigenvalue weighted by molar-refractivity contribution is 6.08. The zero-order chi connectivity index (χ0) is 18.1. The zero-order valence-electron chi connectivity index (χ0n) is 14.8. The molecule has 5 rings (SSSR count). The molecule has 4 aromatic carbocycles. The normalized spacial score (nSPS) is 13.8. The van der Waals surface area contributed by atoms with Gasteiger partial charge in [-0.1, -0.05) is 91.0 Å². The fourth-order valence-electron chi connectivity index (χ4n) is 3.76. The van der Waals surface area contributed by atoms with Crippen LogP contribution in [0.5, 0.6) is 0 Å². The van der Waals surface area contributed by atoms with Crippen LogP contribution in [0, 0.1) is 0 Å². The number of hydrogen-bond acceptors (Lipinski definition) is 2. The molecule has 0 aromatic heterocycles. The summed E-state index contributed by atoms with van der Waals surface area (Å²) < 4.78 is 0. The molecule has 0 amide bonds. The standard InChI is InChI=1S/C25H18N2/c1-3-12-20-18(8-1)10-5-14-22(20)24-16-7-17-26-27-25(24)23-15-6-11-19-9-2-4-13-21(19)23/h1-17,27H. The number of rotatable bonds is 2. The van der Waals surface area contributed by atoms with Crippen molar-refractivity contribution in [2.45, 2.75) is 0 Å². The quantitative estimate of drug-likeness (QED) is 0.472. The van der Waals surface area contributed by atoms with E-state index in [0.717, 1.165) is 16.8 Å². The van der Waals surface area contributed by atoms with Crippen molar-refractivity contribution in [3.8, 4) is 0 Å². The molecule has 0 atom stereocenters. The van der Waals surface area contributed by atoms with Gasteiger partial charge in [-0.05, 0) is 33.2 Å².